The molecule has 0 atom stereocenters. The number of aromatic nitrogens is 1. The zero-order valence-electron chi connectivity index (χ0n) is 18.3. The standard InChI is InChI=1S/C25H43NO2/c1-2-3-4-5-6-7-8-9-10-11-12-13-14-15-16-17-18-19-25(28)24-21-20-23(22-27)26-24/h20-22,26H,2-19H2,1H3. The Kier molecular flexibility index (Phi) is 15.6. The van der Waals surface area contributed by atoms with E-state index < -0.39 is 0 Å². The molecule has 3 nitrogen and oxygen atoms in total. The molecular weight excluding hydrogens is 346 g/mol. The summed E-state index contributed by atoms with van der Waals surface area (Å²) >= 11 is 0. The van der Waals surface area contributed by atoms with Crippen LogP contribution >= 0.6 is 0 Å². The molecule has 1 N–H and O–H groups in total. The third kappa shape index (κ3) is 12.9. The number of hydrogen-bond donors (Lipinski definition) is 1. The Balaban J connectivity index is 1.78. The van der Waals surface area contributed by atoms with E-state index in [0.29, 0.717) is 17.8 Å². The fraction of sp³-hybridized carbons (Fsp3) is 0.760. The lowest BCUT2D eigenvalue weighted by Gasteiger charge is -2.03. The molecule has 3 heteroatoms. The molecule has 0 aliphatic carbocycles. The number of carbonyl (C=O) groups excluding carboxylic acids is 2. The van der Waals surface area contributed by atoms with Crippen molar-refractivity contribution in [2.75, 3.05) is 0 Å². The number of Topliss-reactive ketones (excluding diaryl/α,β-unsaturated/α-hetero) is 1. The van der Waals surface area contributed by atoms with Crippen LogP contribution < -0.4 is 0 Å². The number of rotatable bonds is 20. The third-order valence-electron chi connectivity index (χ3n) is 5.64. The molecule has 0 saturated heterocycles. The molecule has 0 saturated carbocycles. The van der Waals surface area contributed by atoms with Crippen molar-refractivity contribution in [1.82, 2.24) is 4.98 Å². The van der Waals surface area contributed by atoms with Gasteiger partial charge in [-0.15, -0.1) is 0 Å². The molecule has 0 aliphatic rings. The maximum absolute atomic E-state index is 12.0. The van der Waals surface area contributed by atoms with Gasteiger partial charge >= 0.3 is 0 Å². The zero-order valence-corrected chi connectivity index (χ0v) is 18.3. The molecule has 1 rings (SSSR count). The summed E-state index contributed by atoms with van der Waals surface area (Å²) in [6.45, 7) is 2.28. The van der Waals surface area contributed by atoms with Gasteiger partial charge in [0.2, 0.25) is 0 Å². The van der Waals surface area contributed by atoms with Gasteiger partial charge in [-0.1, -0.05) is 110 Å². The second-order valence-corrected chi connectivity index (χ2v) is 8.28. The minimum Gasteiger partial charge on any atom is -0.350 e. The largest absolute Gasteiger partial charge is 0.350 e. The van der Waals surface area contributed by atoms with Gasteiger partial charge in [0.15, 0.2) is 12.1 Å². The lowest BCUT2D eigenvalue weighted by atomic mass is 10.0. The number of nitrogens with one attached hydrogen (secondary N) is 1. The first kappa shape index (κ1) is 24.7. The van der Waals surface area contributed by atoms with Crippen molar-refractivity contribution in [3.63, 3.8) is 0 Å². The molecule has 1 aromatic rings. The highest BCUT2D eigenvalue weighted by molar-refractivity contribution is 5.95. The molecular formula is C25H43NO2. The minimum absolute atomic E-state index is 0.119. The number of hydrogen-bond acceptors (Lipinski definition) is 2. The van der Waals surface area contributed by atoms with E-state index in [4.69, 9.17) is 0 Å². The monoisotopic (exact) mass is 389 g/mol. The molecule has 160 valence electrons. The smallest absolute Gasteiger partial charge is 0.179 e. The van der Waals surface area contributed by atoms with Gasteiger partial charge in [-0.25, -0.2) is 0 Å². The fourth-order valence-electron chi connectivity index (χ4n) is 3.79. The van der Waals surface area contributed by atoms with Crippen LogP contribution in [0.1, 0.15) is 143 Å². The number of ketones is 1. The van der Waals surface area contributed by atoms with Crippen molar-refractivity contribution in [2.45, 2.75) is 122 Å². The average Bonchev–Trinajstić information content (AvgIpc) is 3.19. The van der Waals surface area contributed by atoms with Crippen LogP contribution in [-0.4, -0.2) is 17.1 Å². The lowest BCUT2D eigenvalue weighted by molar-refractivity contribution is 0.0975. The topological polar surface area (TPSA) is 49.9 Å². The SMILES string of the molecule is CCCCCCCCCCCCCCCCCCCC(=O)c1ccc(C=O)[nH]1. The van der Waals surface area contributed by atoms with Crippen molar-refractivity contribution in [3.8, 4) is 0 Å². The highest BCUT2D eigenvalue weighted by Gasteiger charge is 2.07. The van der Waals surface area contributed by atoms with Crippen LogP contribution in [0.3, 0.4) is 0 Å². The van der Waals surface area contributed by atoms with Gasteiger partial charge in [-0.3, -0.25) is 9.59 Å². The van der Waals surface area contributed by atoms with Gasteiger partial charge in [-0.2, -0.15) is 0 Å². The summed E-state index contributed by atoms with van der Waals surface area (Å²) < 4.78 is 0. The number of aromatic amines is 1. The van der Waals surface area contributed by atoms with Crippen LogP contribution in [0.5, 0.6) is 0 Å². The zero-order chi connectivity index (χ0) is 20.3. The number of H-pyrrole nitrogens is 1. The summed E-state index contributed by atoms with van der Waals surface area (Å²) in [5, 5.41) is 0. The van der Waals surface area contributed by atoms with Gasteiger partial charge in [0, 0.05) is 6.42 Å². The molecule has 0 aromatic carbocycles. The Labute approximate surface area is 173 Å². The number of aldehydes is 1. The maximum Gasteiger partial charge on any atom is 0.179 e. The Morgan fingerprint density at radius 3 is 1.54 bits per heavy atom. The highest BCUT2D eigenvalue weighted by atomic mass is 16.1. The fourth-order valence-corrected chi connectivity index (χ4v) is 3.79. The van der Waals surface area contributed by atoms with E-state index in [0.717, 1.165) is 19.1 Å². The van der Waals surface area contributed by atoms with E-state index in [1.807, 2.05) is 0 Å². The van der Waals surface area contributed by atoms with E-state index in [1.54, 1.807) is 12.1 Å². The second-order valence-electron chi connectivity index (χ2n) is 8.28. The summed E-state index contributed by atoms with van der Waals surface area (Å²) in [6.07, 6.45) is 24.2. The Morgan fingerprint density at radius 1 is 0.714 bits per heavy atom. The van der Waals surface area contributed by atoms with Crippen LogP contribution in [0.15, 0.2) is 12.1 Å². The van der Waals surface area contributed by atoms with Gasteiger partial charge in [0.1, 0.15) is 0 Å². The summed E-state index contributed by atoms with van der Waals surface area (Å²) in [5.41, 5.74) is 1.05. The molecule has 0 amide bonds. The second kappa shape index (κ2) is 17.7. The Morgan fingerprint density at radius 2 is 1.14 bits per heavy atom. The van der Waals surface area contributed by atoms with Crippen molar-refractivity contribution in [1.29, 1.82) is 0 Å². The van der Waals surface area contributed by atoms with E-state index in [9.17, 15) is 9.59 Å². The van der Waals surface area contributed by atoms with Crippen LogP contribution in [0.4, 0.5) is 0 Å². The Hall–Kier alpha value is -1.38. The molecule has 0 unspecified atom stereocenters. The average molecular weight is 390 g/mol. The van der Waals surface area contributed by atoms with Gasteiger partial charge in [0.05, 0.1) is 11.4 Å². The first-order valence-corrected chi connectivity index (χ1v) is 11.9. The summed E-state index contributed by atoms with van der Waals surface area (Å²) in [7, 11) is 0. The van der Waals surface area contributed by atoms with Crippen LogP contribution in [0.2, 0.25) is 0 Å². The van der Waals surface area contributed by atoms with Crippen molar-refractivity contribution < 1.29 is 9.59 Å². The van der Waals surface area contributed by atoms with Crippen LogP contribution in [0.25, 0.3) is 0 Å². The van der Waals surface area contributed by atoms with E-state index in [2.05, 4.69) is 11.9 Å². The van der Waals surface area contributed by atoms with Crippen molar-refractivity contribution in [2.24, 2.45) is 0 Å². The van der Waals surface area contributed by atoms with Gasteiger partial charge < -0.3 is 4.98 Å². The molecule has 0 radical (unpaired) electrons. The summed E-state index contributed by atoms with van der Waals surface area (Å²) in [5.74, 6) is 0.119. The van der Waals surface area contributed by atoms with Crippen molar-refractivity contribution in [3.05, 3.63) is 23.5 Å². The van der Waals surface area contributed by atoms with Crippen LogP contribution in [-0.2, 0) is 0 Å². The quantitative estimate of drug-likeness (QED) is 0.139. The van der Waals surface area contributed by atoms with Gasteiger partial charge in [0.25, 0.3) is 0 Å². The first-order valence-electron chi connectivity index (χ1n) is 11.9. The minimum atomic E-state index is 0.119. The molecule has 0 spiro atoms. The Bertz CT molecular complexity index is 506. The number of unbranched alkanes of at least 4 members (excludes halogenated alkanes) is 16. The molecule has 0 aliphatic heterocycles. The van der Waals surface area contributed by atoms with Crippen LogP contribution in [0, 0.1) is 0 Å². The highest BCUT2D eigenvalue weighted by Crippen LogP contribution is 2.15. The third-order valence-corrected chi connectivity index (χ3v) is 5.64. The predicted molar refractivity (Wildman–Crippen MR) is 119 cm³/mol. The predicted octanol–water partition coefficient (Wildman–Crippen LogP) is 8.05. The maximum atomic E-state index is 12.0. The normalized spacial score (nSPS) is 11.0. The lowest BCUT2D eigenvalue weighted by Crippen LogP contribution is -1.99. The molecule has 1 heterocycles. The van der Waals surface area contributed by atoms with E-state index >= 15 is 0 Å². The van der Waals surface area contributed by atoms with E-state index in [-0.39, 0.29) is 5.78 Å². The molecule has 0 bridgehead atoms. The molecule has 28 heavy (non-hydrogen) atoms. The van der Waals surface area contributed by atoms with E-state index in [1.165, 1.54) is 96.3 Å². The molecule has 1 aromatic heterocycles. The first-order chi connectivity index (χ1) is 13.8. The van der Waals surface area contributed by atoms with Gasteiger partial charge in [-0.05, 0) is 18.6 Å². The van der Waals surface area contributed by atoms with Crippen molar-refractivity contribution >= 4 is 12.1 Å². The number of carbonyl (C=O) groups is 2. The summed E-state index contributed by atoms with van der Waals surface area (Å²) in [4.78, 5) is 25.5. The summed E-state index contributed by atoms with van der Waals surface area (Å²) in [6, 6.07) is 3.37. The molecule has 0 fully saturated rings.